The normalized spacial score (nSPS) is 20.4. The lowest BCUT2D eigenvalue weighted by atomic mass is 9.90. The molecule has 1 atom stereocenters. The van der Waals surface area contributed by atoms with Gasteiger partial charge >= 0.3 is 6.09 Å². The third-order valence-electron chi connectivity index (χ3n) is 10.3. The van der Waals surface area contributed by atoms with Crippen LogP contribution in [0.3, 0.4) is 0 Å². The van der Waals surface area contributed by atoms with Gasteiger partial charge in [0.15, 0.2) is 0 Å². The second-order valence-corrected chi connectivity index (χ2v) is 15.0. The number of imide groups is 1. The van der Waals surface area contributed by atoms with Crippen LogP contribution in [-0.2, 0) is 33.7 Å². The van der Waals surface area contributed by atoms with Crippen molar-refractivity contribution in [2.45, 2.75) is 70.6 Å². The number of nitrogens with one attached hydrogen (secondary N) is 2. The van der Waals surface area contributed by atoms with E-state index in [1.54, 1.807) is 11.1 Å². The Bertz CT molecular complexity index is 1770. The number of nitrogens with zero attached hydrogens (tertiary/aromatic N) is 6. The molecule has 2 N–H and O–H groups in total. The lowest BCUT2D eigenvalue weighted by Crippen LogP contribution is -2.63. The molecule has 1 aromatic heterocycles. The van der Waals surface area contributed by atoms with Crippen LogP contribution in [-0.4, -0.2) is 107 Å². The van der Waals surface area contributed by atoms with Crippen molar-refractivity contribution in [1.82, 2.24) is 30.0 Å². The predicted octanol–water partition coefficient (Wildman–Crippen LogP) is 4.22. The number of piperazine rings is 1. The Morgan fingerprint density at radius 3 is 2.49 bits per heavy atom. The van der Waals surface area contributed by atoms with Gasteiger partial charge in [-0.3, -0.25) is 19.8 Å². The number of hydrogen-bond acceptors (Lipinski definition) is 10. The van der Waals surface area contributed by atoms with Gasteiger partial charge in [0.05, 0.1) is 18.2 Å². The van der Waals surface area contributed by atoms with E-state index >= 15 is 4.39 Å². The molecule has 13 heteroatoms. The number of carbonyl (C=O) groups excluding carboxylic acids is 3. The molecule has 12 nitrogen and oxygen atoms in total. The topological polar surface area (TPSA) is 123 Å². The van der Waals surface area contributed by atoms with Crippen molar-refractivity contribution in [2.75, 3.05) is 62.6 Å². The number of aromatic nitrogens is 2. The van der Waals surface area contributed by atoms with Crippen LogP contribution in [0.25, 0.3) is 0 Å². The van der Waals surface area contributed by atoms with E-state index < -0.39 is 5.60 Å². The first-order valence-corrected chi connectivity index (χ1v) is 18.0. The molecular formula is C38H47FN8O4. The number of carbonyl (C=O) groups is 3. The van der Waals surface area contributed by atoms with Crippen molar-refractivity contribution in [3.8, 4) is 0 Å². The van der Waals surface area contributed by atoms with Gasteiger partial charge in [-0.25, -0.2) is 19.2 Å². The number of rotatable bonds is 8. The Morgan fingerprint density at radius 1 is 1.02 bits per heavy atom. The Labute approximate surface area is 298 Å². The molecule has 3 saturated heterocycles. The SMILES string of the molecule is CC(C)(C)OC(=O)N1CCc2cnc(Nc3ccc(CCN4CCN(C5CN(c6ccc(C7CCC(=O)NC7=O)cc6)C5)CC4)c(F)c3)nc2C1. The number of benzene rings is 2. The zero-order chi connectivity index (χ0) is 35.7. The monoisotopic (exact) mass is 698 g/mol. The number of anilines is 3. The highest BCUT2D eigenvalue weighted by Gasteiger charge is 2.34. The highest BCUT2D eigenvalue weighted by atomic mass is 19.1. The summed E-state index contributed by atoms with van der Waals surface area (Å²) >= 11 is 0. The lowest BCUT2D eigenvalue weighted by molar-refractivity contribution is -0.134. The van der Waals surface area contributed by atoms with E-state index in [-0.39, 0.29) is 29.6 Å². The Balaban J connectivity index is 0.840. The third-order valence-corrected chi connectivity index (χ3v) is 10.3. The summed E-state index contributed by atoms with van der Waals surface area (Å²) in [6.07, 6.45) is 3.64. The largest absolute Gasteiger partial charge is 0.444 e. The first kappa shape index (κ1) is 34.8. The molecule has 0 radical (unpaired) electrons. The van der Waals surface area contributed by atoms with Gasteiger partial charge in [0.25, 0.3) is 0 Å². The Hall–Kier alpha value is -4.62. The van der Waals surface area contributed by atoms with Crippen LogP contribution in [0.1, 0.15) is 61.9 Å². The molecule has 0 bridgehead atoms. The summed E-state index contributed by atoms with van der Waals surface area (Å²) in [4.78, 5) is 54.3. The number of hydrogen-bond donors (Lipinski definition) is 2. The summed E-state index contributed by atoms with van der Waals surface area (Å²) < 4.78 is 20.7. The first-order chi connectivity index (χ1) is 24.5. The molecule has 270 valence electrons. The molecule has 7 rings (SSSR count). The van der Waals surface area contributed by atoms with E-state index in [2.05, 4.69) is 47.4 Å². The van der Waals surface area contributed by atoms with Gasteiger partial charge in [0, 0.05) is 82.4 Å². The molecule has 2 aromatic carbocycles. The summed E-state index contributed by atoms with van der Waals surface area (Å²) in [6.45, 7) is 13.1. The summed E-state index contributed by atoms with van der Waals surface area (Å²) in [6, 6.07) is 13.9. The highest BCUT2D eigenvalue weighted by molar-refractivity contribution is 6.00. The maximum absolute atomic E-state index is 15.2. The van der Waals surface area contributed by atoms with Gasteiger partial charge in [-0.05, 0) is 81.0 Å². The van der Waals surface area contributed by atoms with E-state index in [9.17, 15) is 14.4 Å². The molecule has 1 unspecified atom stereocenters. The molecule has 0 saturated carbocycles. The number of ether oxygens (including phenoxy) is 1. The van der Waals surface area contributed by atoms with Crippen molar-refractivity contribution < 1.29 is 23.5 Å². The molecule has 0 spiro atoms. The van der Waals surface area contributed by atoms with Crippen LogP contribution in [0.5, 0.6) is 0 Å². The molecule has 3 aromatic rings. The van der Waals surface area contributed by atoms with Gasteiger partial charge in [0.1, 0.15) is 11.4 Å². The minimum Gasteiger partial charge on any atom is -0.444 e. The molecule has 4 aliphatic rings. The van der Waals surface area contributed by atoms with Crippen LogP contribution in [0.4, 0.5) is 26.5 Å². The van der Waals surface area contributed by atoms with Crippen molar-refractivity contribution in [1.29, 1.82) is 0 Å². The average molecular weight is 699 g/mol. The molecule has 0 aliphatic carbocycles. The number of halogens is 1. The lowest BCUT2D eigenvalue weighted by Gasteiger charge is -2.49. The zero-order valence-electron chi connectivity index (χ0n) is 29.7. The summed E-state index contributed by atoms with van der Waals surface area (Å²) in [5, 5.41) is 5.57. The zero-order valence-corrected chi connectivity index (χ0v) is 29.7. The molecule has 3 fully saturated rings. The number of piperidine rings is 1. The van der Waals surface area contributed by atoms with Gasteiger partial charge in [-0.15, -0.1) is 0 Å². The van der Waals surface area contributed by atoms with Crippen molar-refractivity contribution in [3.05, 3.63) is 76.9 Å². The van der Waals surface area contributed by atoms with Crippen LogP contribution >= 0.6 is 0 Å². The fraction of sp³-hybridized carbons (Fsp3) is 0.500. The highest BCUT2D eigenvalue weighted by Crippen LogP contribution is 2.30. The second kappa shape index (κ2) is 14.5. The summed E-state index contributed by atoms with van der Waals surface area (Å²) in [5.41, 5.74) is 4.56. The van der Waals surface area contributed by atoms with Gasteiger partial charge in [-0.2, -0.15) is 0 Å². The van der Waals surface area contributed by atoms with Crippen LogP contribution < -0.4 is 15.5 Å². The third kappa shape index (κ3) is 8.31. The first-order valence-electron chi connectivity index (χ1n) is 18.0. The van der Waals surface area contributed by atoms with Crippen LogP contribution in [0.15, 0.2) is 48.7 Å². The molecule has 3 amide bonds. The fourth-order valence-corrected chi connectivity index (χ4v) is 7.26. The van der Waals surface area contributed by atoms with Crippen LogP contribution in [0, 0.1) is 5.82 Å². The van der Waals surface area contributed by atoms with Gasteiger partial charge < -0.3 is 24.8 Å². The summed E-state index contributed by atoms with van der Waals surface area (Å²) in [7, 11) is 0. The van der Waals surface area contributed by atoms with E-state index in [1.165, 1.54) is 6.07 Å². The minimum absolute atomic E-state index is 0.191. The molecule has 4 aliphatic heterocycles. The standard InChI is InChI=1S/C38H47FN8O4/c1-38(2,3)51-37(50)46-15-13-27-21-40-36(42-33(27)24-46)41-28-7-4-26(32(39)20-28)12-14-44-16-18-45(19-17-44)30-22-47(23-30)29-8-5-25(6-9-29)31-10-11-34(48)43-35(31)49/h4-9,20-21,30-31H,10-19,22-24H2,1-3H3,(H,40,41,42)(H,43,48,49). The minimum atomic E-state index is -0.569. The van der Waals surface area contributed by atoms with E-state index in [0.29, 0.717) is 62.0 Å². The van der Waals surface area contributed by atoms with Crippen molar-refractivity contribution >= 4 is 35.2 Å². The van der Waals surface area contributed by atoms with Gasteiger partial charge in [0.2, 0.25) is 17.8 Å². The van der Waals surface area contributed by atoms with Crippen LogP contribution in [0.2, 0.25) is 0 Å². The van der Waals surface area contributed by atoms with E-state index in [0.717, 1.165) is 68.3 Å². The maximum Gasteiger partial charge on any atom is 0.410 e. The maximum atomic E-state index is 15.2. The number of amides is 3. The van der Waals surface area contributed by atoms with Crippen molar-refractivity contribution in [3.63, 3.8) is 0 Å². The smallest absolute Gasteiger partial charge is 0.410 e. The van der Waals surface area contributed by atoms with Crippen molar-refractivity contribution in [2.24, 2.45) is 0 Å². The fourth-order valence-electron chi connectivity index (χ4n) is 7.26. The quantitative estimate of drug-likeness (QED) is 0.331. The van der Waals surface area contributed by atoms with Gasteiger partial charge in [-0.1, -0.05) is 18.2 Å². The number of fused-ring (bicyclic) bond motifs is 1. The Kier molecular flexibility index (Phi) is 9.93. The predicted molar refractivity (Wildman–Crippen MR) is 191 cm³/mol. The Morgan fingerprint density at radius 2 is 1.78 bits per heavy atom. The molecule has 5 heterocycles. The average Bonchev–Trinajstić information content (AvgIpc) is 3.07. The summed E-state index contributed by atoms with van der Waals surface area (Å²) in [5.74, 6) is -0.542. The molecule has 51 heavy (non-hydrogen) atoms. The second-order valence-electron chi connectivity index (χ2n) is 15.0. The van der Waals surface area contributed by atoms with E-state index in [4.69, 9.17) is 4.74 Å². The molecular weight excluding hydrogens is 651 g/mol. The van der Waals surface area contributed by atoms with E-state index in [1.807, 2.05) is 45.0 Å².